The summed E-state index contributed by atoms with van der Waals surface area (Å²) in [6.07, 6.45) is 2.83. The number of hydrogen-bond donors (Lipinski definition) is 1. The molecule has 0 aliphatic heterocycles. The number of ether oxygens (including phenoxy) is 1. The van der Waals surface area contributed by atoms with Crippen molar-refractivity contribution in [2.45, 2.75) is 26.3 Å². The largest absolute Gasteiger partial charge is 0.462 e. The van der Waals surface area contributed by atoms with Crippen LogP contribution < -0.4 is 9.62 Å². The molecule has 0 aliphatic carbocycles. The van der Waals surface area contributed by atoms with Crippen LogP contribution in [0.5, 0.6) is 0 Å². The zero-order valence-electron chi connectivity index (χ0n) is 19.8. The van der Waals surface area contributed by atoms with Crippen molar-refractivity contribution < 1.29 is 22.7 Å². The minimum Gasteiger partial charge on any atom is -0.462 e. The van der Waals surface area contributed by atoms with E-state index in [2.05, 4.69) is 5.32 Å². The number of hydrogen-bond acceptors (Lipinski definition) is 5. The van der Waals surface area contributed by atoms with Gasteiger partial charge in [-0.1, -0.05) is 54.7 Å². The molecule has 10 heteroatoms. The number of rotatable bonds is 10. The van der Waals surface area contributed by atoms with Gasteiger partial charge in [0, 0.05) is 11.3 Å². The average Bonchev–Trinajstić information content (AvgIpc) is 2.84. The van der Waals surface area contributed by atoms with Crippen LogP contribution in [0, 0.1) is 0 Å². The number of nitrogens with one attached hydrogen (secondary N) is 1. The summed E-state index contributed by atoms with van der Waals surface area (Å²) in [5.74, 6) is -0.753. The normalized spacial score (nSPS) is 11.1. The van der Waals surface area contributed by atoms with E-state index in [0.29, 0.717) is 29.0 Å². The molecule has 1 amide bonds. The molecule has 0 atom stereocenters. The van der Waals surface area contributed by atoms with E-state index in [4.69, 9.17) is 27.9 Å². The predicted molar refractivity (Wildman–Crippen MR) is 144 cm³/mol. The molecule has 0 radical (unpaired) electrons. The molecule has 0 aromatic heterocycles. The SMILES string of the molecule is CCCCOC(=O)c1ccc(NC(=O)c2ccc(CN(c3cccc(Cl)c3Cl)S(C)(=O)=O)cc2)cc1. The van der Waals surface area contributed by atoms with Gasteiger partial charge in [-0.05, 0) is 60.5 Å². The topological polar surface area (TPSA) is 92.8 Å². The monoisotopic (exact) mass is 548 g/mol. The van der Waals surface area contributed by atoms with Crippen LogP contribution in [0.4, 0.5) is 11.4 Å². The second-order valence-electron chi connectivity index (χ2n) is 8.06. The van der Waals surface area contributed by atoms with Crippen LogP contribution >= 0.6 is 23.2 Å². The second-order valence-corrected chi connectivity index (χ2v) is 10.8. The van der Waals surface area contributed by atoms with Crippen molar-refractivity contribution in [3.8, 4) is 0 Å². The van der Waals surface area contributed by atoms with Crippen molar-refractivity contribution in [3.63, 3.8) is 0 Å². The maximum atomic E-state index is 12.7. The Morgan fingerprint density at radius 1 is 0.944 bits per heavy atom. The number of esters is 1. The van der Waals surface area contributed by atoms with Gasteiger partial charge in [-0.25, -0.2) is 13.2 Å². The van der Waals surface area contributed by atoms with E-state index in [1.54, 1.807) is 66.7 Å². The quantitative estimate of drug-likeness (QED) is 0.241. The number of anilines is 2. The number of carbonyl (C=O) groups excluding carboxylic acids is 2. The molecule has 3 rings (SSSR count). The minimum atomic E-state index is -3.66. The number of nitrogens with zero attached hydrogens (tertiary/aromatic N) is 1. The molecule has 0 saturated carbocycles. The Bertz CT molecular complexity index is 1330. The zero-order valence-corrected chi connectivity index (χ0v) is 22.2. The fourth-order valence-corrected chi connectivity index (χ4v) is 4.62. The highest BCUT2D eigenvalue weighted by atomic mass is 35.5. The van der Waals surface area contributed by atoms with Gasteiger partial charge in [0.05, 0.1) is 40.7 Å². The van der Waals surface area contributed by atoms with Gasteiger partial charge in [0.1, 0.15) is 0 Å². The number of amides is 1. The Hall–Kier alpha value is -3.07. The van der Waals surface area contributed by atoms with Crippen molar-refractivity contribution in [2.75, 3.05) is 22.5 Å². The number of carbonyl (C=O) groups is 2. The summed E-state index contributed by atoms with van der Waals surface area (Å²) < 4.78 is 31.2. The first-order valence-corrected chi connectivity index (χ1v) is 13.8. The fraction of sp³-hybridized carbons (Fsp3) is 0.231. The van der Waals surface area contributed by atoms with E-state index < -0.39 is 16.0 Å². The van der Waals surface area contributed by atoms with Crippen LogP contribution in [0.1, 0.15) is 46.0 Å². The Labute approximate surface area is 221 Å². The van der Waals surface area contributed by atoms with Crippen LogP contribution in [0.2, 0.25) is 10.0 Å². The van der Waals surface area contributed by atoms with E-state index in [1.807, 2.05) is 6.92 Å². The van der Waals surface area contributed by atoms with E-state index in [-0.39, 0.29) is 28.2 Å². The molecule has 36 heavy (non-hydrogen) atoms. The van der Waals surface area contributed by atoms with Gasteiger partial charge < -0.3 is 10.1 Å². The van der Waals surface area contributed by atoms with E-state index in [1.165, 1.54) is 0 Å². The van der Waals surface area contributed by atoms with Crippen molar-refractivity contribution in [3.05, 3.63) is 93.5 Å². The fourth-order valence-electron chi connectivity index (χ4n) is 3.28. The Balaban J connectivity index is 1.67. The number of unbranched alkanes of at least 4 members (excludes halogenated alkanes) is 1. The molecule has 3 aromatic rings. The molecular formula is C26H26Cl2N2O5S. The summed E-state index contributed by atoms with van der Waals surface area (Å²) in [6.45, 7) is 2.40. The van der Waals surface area contributed by atoms with Gasteiger partial charge in [0.15, 0.2) is 0 Å². The minimum absolute atomic E-state index is 0.0105. The lowest BCUT2D eigenvalue weighted by molar-refractivity contribution is 0.0499. The van der Waals surface area contributed by atoms with Gasteiger partial charge in [0.25, 0.3) is 5.91 Å². The van der Waals surface area contributed by atoms with E-state index in [0.717, 1.165) is 23.4 Å². The highest BCUT2D eigenvalue weighted by Crippen LogP contribution is 2.34. The molecule has 3 aromatic carbocycles. The Morgan fingerprint density at radius 3 is 2.19 bits per heavy atom. The molecule has 1 N–H and O–H groups in total. The lowest BCUT2D eigenvalue weighted by atomic mass is 10.1. The standard InChI is InChI=1S/C26H26Cl2N2O5S/c1-3-4-16-35-26(32)20-12-14-21(15-13-20)29-25(31)19-10-8-18(9-11-19)17-30(36(2,33)34)23-7-5-6-22(27)24(23)28/h5-15H,3-4,16-17H2,1-2H3,(H,29,31). The van der Waals surface area contributed by atoms with Gasteiger partial charge in [-0.2, -0.15) is 0 Å². The Kier molecular flexibility index (Phi) is 9.37. The number of halogens is 2. The third kappa shape index (κ3) is 7.22. The molecule has 0 spiro atoms. The lowest BCUT2D eigenvalue weighted by Gasteiger charge is -2.24. The van der Waals surface area contributed by atoms with Crippen molar-refractivity contribution in [2.24, 2.45) is 0 Å². The van der Waals surface area contributed by atoms with Crippen molar-refractivity contribution in [1.82, 2.24) is 0 Å². The molecular weight excluding hydrogens is 523 g/mol. The molecule has 0 heterocycles. The molecule has 7 nitrogen and oxygen atoms in total. The van der Waals surface area contributed by atoms with Crippen LogP contribution in [0.15, 0.2) is 66.7 Å². The second kappa shape index (κ2) is 12.3. The summed E-state index contributed by atoms with van der Waals surface area (Å²) in [5.41, 5.74) is 2.23. The lowest BCUT2D eigenvalue weighted by Crippen LogP contribution is -2.29. The van der Waals surface area contributed by atoms with Crippen LogP contribution in [0.25, 0.3) is 0 Å². The molecule has 0 fully saturated rings. The first-order chi connectivity index (χ1) is 17.1. The van der Waals surface area contributed by atoms with Gasteiger partial charge >= 0.3 is 5.97 Å². The maximum Gasteiger partial charge on any atom is 0.338 e. The van der Waals surface area contributed by atoms with Crippen LogP contribution in [0.3, 0.4) is 0 Å². The summed E-state index contributed by atoms with van der Waals surface area (Å²) in [7, 11) is -3.66. The molecule has 190 valence electrons. The van der Waals surface area contributed by atoms with Gasteiger partial charge in [-0.3, -0.25) is 9.10 Å². The van der Waals surface area contributed by atoms with Crippen molar-refractivity contribution in [1.29, 1.82) is 0 Å². The number of benzene rings is 3. The van der Waals surface area contributed by atoms with Crippen LogP contribution in [-0.4, -0.2) is 33.2 Å². The zero-order chi connectivity index (χ0) is 26.3. The van der Waals surface area contributed by atoms with Crippen LogP contribution in [-0.2, 0) is 21.3 Å². The number of sulfonamides is 1. The first-order valence-electron chi connectivity index (χ1n) is 11.2. The summed E-state index contributed by atoms with van der Waals surface area (Å²) >= 11 is 12.3. The third-order valence-electron chi connectivity index (χ3n) is 5.25. The highest BCUT2D eigenvalue weighted by Gasteiger charge is 2.21. The smallest absolute Gasteiger partial charge is 0.338 e. The van der Waals surface area contributed by atoms with Gasteiger partial charge in [-0.15, -0.1) is 0 Å². The van der Waals surface area contributed by atoms with E-state index in [9.17, 15) is 18.0 Å². The maximum absolute atomic E-state index is 12.7. The summed E-state index contributed by atoms with van der Waals surface area (Å²) in [6, 6.07) is 17.7. The predicted octanol–water partition coefficient (Wildman–Crippen LogP) is 6.17. The average molecular weight is 549 g/mol. The Morgan fingerprint density at radius 2 is 1.58 bits per heavy atom. The molecule has 0 aliphatic rings. The van der Waals surface area contributed by atoms with Gasteiger partial charge in [0.2, 0.25) is 10.0 Å². The highest BCUT2D eigenvalue weighted by molar-refractivity contribution is 7.92. The first kappa shape index (κ1) is 27.5. The summed E-state index contributed by atoms with van der Waals surface area (Å²) in [5, 5.41) is 3.16. The van der Waals surface area contributed by atoms with E-state index >= 15 is 0 Å². The third-order valence-corrected chi connectivity index (χ3v) is 7.19. The molecule has 0 unspecified atom stereocenters. The van der Waals surface area contributed by atoms with Crippen molar-refractivity contribution >= 4 is 56.5 Å². The molecule has 0 bridgehead atoms. The summed E-state index contributed by atoms with van der Waals surface area (Å²) in [4.78, 5) is 24.7. The molecule has 0 saturated heterocycles.